The molecule has 0 saturated heterocycles. The second-order valence-corrected chi connectivity index (χ2v) is 3.67. The van der Waals surface area contributed by atoms with Crippen LogP contribution in [0.3, 0.4) is 0 Å². The first kappa shape index (κ1) is 15.7. The molecule has 0 aromatic carbocycles. The van der Waals surface area contributed by atoms with Crippen LogP contribution in [0, 0.1) is 0 Å². The van der Waals surface area contributed by atoms with E-state index in [-0.39, 0.29) is 0 Å². The van der Waals surface area contributed by atoms with Gasteiger partial charge in [0.2, 0.25) is 11.8 Å². The first-order chi connectivity index (χ1) is 7.07. The number of methoxy groups -OCH3 is 4. The van der Waals surface area contributed by atoms with Crippen molar-refractivity contribution in [2.45, 2.75) is 11.8 Å². The third-order valence-electron chi connectivity index (χ3n) is 2.24. The lowest BCUT2D eigenvalue weighted by molar-refractivity contribution is -0.302. The SMILES string of the molecule is COC(CP)(NC(CP)(OC)OC)OC. The van der Waals surface area contributed by atoms with Crippen molar-refractivity contribution in [2.24, 2.45) is 0 Å². The molecule has 1 N–H and O–H groups in total. The van der Waals surface area contributed by atoms with Gasteiger partial charge in [0.1, 0.15) is 0 Å². The van der Waals surface area contributed by atoms with Crippen molar-refractivity contribution >= 4 is 18.5 Å². The molecule has 5 nitrogen and oxygen atoms in total. The number of hydrogen-bond acceptors (Lipinski definition) is 5. The molecule has 0 saturated carbocycles. The first-order valence-electron chi connectivity index (χ1n) is 4.47. The molecule has 7 heteroatoms. The molecular formula is C8H21NO4P2. The van der Waals surface area contributed by atoms with Gasteiger partial charge in [-0.2, -0.15) is 0 Å². The van der Waals surface area contributed by atoms with E-state index in [9.17, 15) is 0 Å². The Balaban J connectivity index is 4.74. The summed E-state index contributed by atoms with van der Waals surface area (Å²) in [4.78, 5) is 0. The molecule has 0 bridgehead atoms. The first-order valence-corrected chi connectivity index (χ1v) is 6.11. The molecular weight excluding hydrogens is 236 g/mol. The average Bonchev–Trinajstić information content (AvgIpc) is 2.33. The Kier molecular flexibility index (Phi) is 7.39. The number of ether oxygens (including phenoxy) is 4. The Hall–Kier alpha value is 0.660. The van der Waals surface area contributed by atoms with E-state index in [0.717, 1.165) is 0 Å². The number of nitrogens with one attached hydrogen (secondary N) is 1. The quantitative estimate of drug-likeness (QED) is 0.498. The maximum atomic E-state index is 5.27. The summed E-state index contributed by atoms with van der Waals surface area (Å²) in [5, 5.41) is 3.05. The molecule has 0 aromatic heterocycles. The Morgan fingerprint density at radius 1 is 0.800 bits per heavy atom. The lowest BCUT2D eigenvalue weighted by Gasteiger charge is -2.40. The molecule has 0 fully saturated rings. The smallest absolute Gasteiger partial charge is 0.234 e. The van der Waals surface area contributed by atoms with Gasteiger partial charge in [-0.3, -0.25) is 0 Å². The van der Waals surface area contributed by atoms with Crippen LogP contribution < -0.4 is 5.32 Å². The topological polar surface area (TPSA) is 49.0 Å². The molecule has 2 atom stereocenters. The fourth-order valence-electron chi connectivity index (χ4n) is 1.10. The highest BCUT2D eigenvalue weighted by atomic mass is 31.0. The van der Waals surface area contributed by atoms with E-state index in [2.05, 4.69) is 23.8 Å². The third kappa shape index (κ3) is 3.86. The van der Waals surface area contributed by atoms with Crippen LogP contribution in [0.5, 0.6) is 0 Å². The molecule has 0 aliphatic carbocycles. The largest absolute Gasteiger partial charge is 0.340 e. The second-order valence-electron chi connectivity index (χ2n) is 2.86. The highest BCUT2D eigenvalue weighted by molar-refractivity contribution is 7.16. The zero-order valence-corrected chi connectivity index (χ0v) is 12.0. The zero-order chi connectivity index (χ0) is 11.9. The number of rotatable bonds is 8. The Morgan fingerprint density at radius 3 is 1.20 bits per heavy atom. The van der Waals surface area contributed by atoms with Gasteiger partial charge in [0.05, 0.1) is 0 Å². The van der Waals surface area contributed by atoms with Crippen molar-refractivity contribution in [2.75, 3.05) is 40.8 Å². The zero-order valence-electron chi connectivity index (χ0n) is 9.70. The molecule has 15 heavy (non-hydrogen) atoms. The molecule has 0 aromatic rings. The highest BCUT2D eigenvalue weighted by Gasteiger charge is 2.39. The maximum absolute atomic E-state index is 5.27. The Labute approximate surface area is 96.0 Å². The molecule has 0 radical (unpaired) electrons. The van der Waals surface area contributed by atoms with E-state index in [1.807, 2.05) is 0 Å². The van der Waals surface area contributed by atoms with Gasteiger partial charge in [0, 0.05) is 40.8 Å². The van der Waals surface area contributed by atoms with Crippen molar-refractivity contribution in [3.05, 3.63) is 0 Å². The van der Waals surface area contributed by atoms with E-state index in [4.69, 9.17) is 18.9 Å². The van der Waals surface area contributed by atoms with Crippen molar-refractivity contribution < 1.29 is 18.9 Å². The van der Waals surface area contributed by atoms with Crippen LogP contribution >= 0.6 is 18.5 Å². The lowest BCUT2D eigenvalue weighted by Crippen LogP contribution is -2.63. The third-order valence-corrected chi connectivity index (χ3v) is 3.31. The van der Waals surface area contributed by atoms with E-state index in [1.54, 1.807) is 28.4 Å². The second kappa shape index (κ2) is 7.08. The van der Waals surface area contributed by atoms with E-state index >= 15 is 0 Å². The maximum Gasteiger partial charge on any atom is 0.234 e. The van der Waals surface area contributed by atoms with Crippen LogP contribution in [0.4, 0.5) is 0 Å². The monoisotopic (exact) mass is 257 g/mol. The minimum Gasteiger partial charge on any atom is -0.340 e. The normalized spacial score (nSPS) is 13.2. The molecule has 0 spiro atoms. The van der Waals surface area contributed by atoms with E-state index in [0.29, 0.717) is 12.3 Å². The highest BCUT2D eigenvalue weighted by Crippen LogP contribution is 2.20. The van der Waals surface area contributed by atoms with Crippen LogP contribution in [0.15, 0.2) is 0 Å². The van der Waals surface area contributed by atoms with Gasteiger partial charge >= 0.3 is 0 Å². The molecule has 2 unspecified atom stereocenters. The molecule has 0 aliphatic heterocycles. The van der Waals surface area contributed by atoms with Crippen LogP contribution in [0.25, 0.3) is 0 Å². The van der Waals surface area contributed by atoms with Crippen LogP contribution in [-0.4, -0.2) is 52.6 Å². The minimum absolute atomic E-state index is 0.541. The van der Waals surface area contributed by atoms with Gasteiger partial charge in [-0.1, -0.05) is 0 Å². The minimum atomic E-state index is -0.937. The van der Waals surface area contributed by atoms with Gasteiger partial charge in [0.15, 0.2) is 0 Å². The summed E-state index contributed by atoms with van der Waals surface area (Å²) >= 11 is 0. The Bertz CT molecular complexity index is 139. The van der Waals surface area contributed by atoms with Gasteiger partial charge in [-0.25, -0.2) is 5.32 Å². The van der Waals surface area contributed by atoms with Crippen molar-refractivity contribution in [3.8, 4) is 0 Å². The molecule has 0 rings (SSSR count). The van der Waals surface area contributed by atoms with Crippen molar-refractivity contribution in [1.29, 1.82) is 0 Å². The van der Waals surface area contributed by atoms with Gasteiger partial charge < -0.3 is 18.9 Å². The summed E-state index contributed by atoms with van der Waals surface area (Å²) in [5.41, 5.74) is 0. The molecule has 0 aliphatic rings. The molecule has 0 heterocycles. The summed E-state index contributed by atoms with van der Waals surface area (Å²) < 4.78 is 21.1. The van der Waals surface area contributed by atoms with E-state index in [1.165, 1.54) is 0 Å². The molecule has 92 valence electrons. The fourth-order valence-corrected chi connectivity index (χ4v) is 1.97. The Morgan fingerprint density at radius 2 is 1.07 bits per heavy atom. The summed E-state index contributed by atoms with van der Waals surface area (Å²) in [6.45, 7) is 0. The standard InChI is InChI=1S/C8H21NO4P2/c1-10-7(5-14,11-2)9-8(6-15,12-3)13-4/h9H,5-6,14-15H2,1-4H3. The van der Waals surface area contributed by atoms with Crippen LogP contribution in [-0.2, 0) is 18.9 Å². The van der Waals surface area contributed by atoms with Crippen LogP contribution in [0.1, 0.15) is 0 Å². The number of hydrogen-bond donors (Lipinski definition) is 1. The van der Waals surface area contributed by atoms with Crippen LogP contribution in [0.2, 0.25) is 0 Å². The predicted molar refractivity (Wildman–Crippen MR) is 65.8 cm³/mol. The van der Waals surface area contributed by atoms with Gasteiger partial charge in [-0.05, 0) is 0 Å². The van der Waals surface area contributed by atoms with Gasteiger partial charge in [-0.15, -0.1) is 18.5 Å². The van der Waals surface area contributed by atoms with Crippen molar-refractivity contribution in [1.82, 2.24) is 5.32 Å². The van der Waals surface area contributed by atoms with Gasteiger partial charge in [0.25, 0.3) is 0 Å². The summed E-state index contributed by atoms with van der Waals surface area (Å²) in [6.07, 6.45) is 1.08. The lowest BCUT2D eigenvalue weighted by atomic mass is 10.4. The average molecular weight is 257 g/mol. The summed E-state index contributed by atoms with van der Waals surface area (Å²) in [5.74, 6) is -1.87. The summed E-state index contributed by atoms with van der Waals surface area (Å²) in [6, 6.07) is 0. The predicted octanol–water partition coefficient (Wildman–Crippen LogP) is 0.219. The molecule has 0 amide bonds. The summed E-state index contributed by atoms with van der Waals surface area (Å²) in [7, 11) is 11.3. The fraction of sp³-hybridized carbons (Fsp3) is 1.00. The van der Waals surface area contributed by atoms with E-state index < -0.39 is 11.8 Å². The van der Waals surface area contributed by atoms with Crippen molar-refractivity contribution in [3.63, 3.8) is 0 Å².